The highest BCUT2D eigenvalue weighted by Crippen LogP contribution is 2.42. The molecule has 15 heteroatoms. The fraction of sp³-hybridized carbons (Fsp3) is 0.500. The third-order valence-corrected chi connectivity index (χ3v) is 8.87. The van der Waals surface area contributed by atoms with Crippen molar-refractivity contribution in [2.24, 2.45) is 5.92 Å². The molecule has 1 saturated carbocycles. The molecule has 3 aromatic rings. The van der Waals surface area contributed by atoms with E-state index in [1.165, 1.54) is 18.5 Å². The van der Waals surface area contributed by atoms with Crippen molar-refractivity contribution < 1.29 is 31.5 Å². The summed E-state index contributed by atoms with van der Waals surface area (Å²) in [5, 5.41) is 7.01. The molecule has 6 rings (SSSR count). The van der Waals surface area contributed by atoms with Gasteiger partial charge >= 0.3 is 6.18 Å². The summed E-state index contributed by atoms with van der Waals surface area (Å²) in [4.78, 5) is 32.7. The molecule has 4 heterocycles. The normalized spacial score (nSPS) is 22.7. The van der Waals surface area contributed by atoms with Gasteiger partial charge in [0.25, 0.3) is 11.8 Å². The first-order valence-corrected chi connectivity index (χ1v) is 14.3. The van der Waals surface area contributed by atoms with E-state index >= 15 is 0 Å². The average Bonchev–Trinajstić information content (AvgIpc) is 3.46. The number of fused-ring (bicyclic) bond motifs is 1. The fourth-order valence-corrected chi connectivity index (χ4v) is 6.11. The van der Waals surface area contributed by atoms with E-state index in [0.29, 0.717) is 28.9 Å². The topological polar surface area (TPSA) is 109 Å². The van der Waals surface area contributed by atoms with E-state index in [9.17, 15) is 31.5 Å². The Bertz CT molecular complexity index is 1570. The number of carbonyl (C=O) groups excluding carboxylic acids is 2. The first-order chi connectivity index (χ1) is 20.3. The van der Waals surface area contributed by atoms with Gasteiger partial charge in [-0.2, -0.15) is 18.3 Å². The predicted molar refractivity (Wildman–Crippen MR) is 148 cm³/mol. The number of nitrogens with two attached hydrogens (primary N) is 1. The van der Waals surface area contributed by atoms with Crippen molar-refractivity contribution in [3.63, 3.8) is 0 Å². The van der Waals surface area contributed by atoms with E-state index in [1.807, 2.05) is 4.90 Å². The molecule has 1 aliphatic carbocycles. The summed E-state index contributed by atoms with van der Waals surface area (Å²) in [5.74, 6) is -2.56. The molecule has 2 aliphatic heterocycles. The number of halogens is 6. The Hall–Kier alpha value is -3.52. The number of anilines is 1. The summed E-state index contributed by atoms with van der Waals surface area (Å²) < 4.78 is 70.0. The summed E-state index contributed by atoms with van der Waals surface area (Å²) in [6, 6.07) is 5.45. The van der Waals surface area contributed by atoms with Gasteiger partial charge in [-0.15, -0.1) is 0 Å². The second kappa shape index (κ2) is 10.9. The number of amides is 2. The lowest BCUT2D eigenvalue weighted by molar-refractivity contribution is -0.185. The SMILES string of the molecule is Nc1ncnn2c(-c3ccc(Cl)c(C(=O)N[C@@H]4CN(C(=O)C5(F)CC5)C[C@@H]4F)c3)cc(CN3CCC(C(F)(F)F)CC3)c12. The number of aromatic nitrogens is 3. The number of carbonyl (C=O) groups is 2. The molecule has 3 N–H and O–H groups in total. The number of alkyl halides is 5. The van der Waals surface area contributed by atoms with Gasteiger partial charge in [-0.1, -0.05) is 17.7 Å². The molecule has 3 fully saturated rings. The molecule has 2 amide bonds. The summed E-state index contributed by atoms with van der Waals surface area (Å²) in [6.07, 6.45) is -4.28. The van der Waals surface area contributed by atoms with Crippen LogP contribution in [-0.4, -0.2) is 86.4 Å². The predicted octanol–water partition coefficient (Wildman–Crippen LogP) is 4.19. The zero-order valence-electron chi connectivity index (χ0n) is 22.9. The summed E-state index contributed by atoms with van der Waals surface area (Å²) in [7, 11) is 0. The molecule has 230 valence electrons. The Balaban J connectivity index is 1.23. The van der Waals surface area contributed by atoms with Crippen molar-refractivity contribution in [2.45, 2.75) is 56.3 Å². The quantitative estimate of drug-likeness (QED) is 0.398. The minimum absolute atomic E-state index is 0.00504. The van der Waals surface area contributed by atoms with Gasteiger partial charge < -0.3 is 16.0 Å². The van der Waals surface area contributed by atoms with Crippen molar-refractivity contribution in [3.05, 3.63) is 46.7 Å². The number of piperidine rings is 1. The van der Waals surface area contributed by atoms with Gasteiger partial charge in [0.15, 0.2) is 11.5 Å². The number of nitrogens with one attached hydrogen (secondary N) is 1. The highest BCUT2D eigenvalue weighted by Gasteiger charge is 2.54. The highest BCUT2D eigenvalue weighted by atomic mass is 35.5. The smallest absolute Gasteiger partial charge is 0.382 e. The average molecular weight is 626 g/mol. The number of rotatable bonds is 6. The number of hydrogen-bond donors (Lipinski definition) is 2. The Labute approximate surface area is 248 Å². The van der Waals surface area contributed by atoms with Gasteiger partial charge in [-0.05, 0) is 62.5 Å². The summed E-state index contributed by atoms with van der Waals surface area (Å²) in [6.45, 7) is 0.389. The van der Waals surface area contributed by atoms with Crippen molar-refractivity contribution in [1.29, 1.82) is 0 Å². The Morgan fingerprint density at radius 2 is 1.86 bits per heavy atom. The lowest BCUT2D eigenvalue weighted by atomic mass is 9.96. The molecule has 9 nitrogen and oxygen atoms in total. The van der Waals surface area contributed by atoms with Crippen molar-refractivity contribution in [1.82, 2.24) is 29.7 Å². The van der Waals surface area contributed by atoms with E-state index in [1.54, 1.807) is 16.6 Å². The third-order valence-electron chi connectivity index (χ3n) is 8.54. The van der Waals surface area contributed by atoms with Crippen molar-refractivity contribution in [3.8, 4) is 11.3 Å². The van der Waals surface area contributed by atoms with Crippen LogP contribution in [0.1, 0.15) is 41.6 Å². The number of hydrogen-bond acceptors (Lipinski definition) is 6. The molecule has 0 unspecified atom stereocenters. The van der Waals surface area contributed by atoms with Crippen molar-refractivity contribution >= 4 is 34.7 Å². The number of likely N-dealkylation sites (tertiary alicyclic amines) is 2. The Morgan fingerprint density at radius 1 is 1.14 bits per heavy atom. The minimum atomic E-state index is -4.22. The molecule has 3 aliphatic rings. The van der Waals surface area contributed by atoms with Crippen LogP contribution in [0.15, 0.2) is 30.6 Å². The molecular formula is C28H29ClF5N7O2. The molecule has 2 saturated heterocycles. The van der Waals surface area contributed by atoms with Gasteiger partial charge in [0, 0.05) is 18.7 Å². The van der Waals surface area contributed by atoms with Crippen LogP contribution >= 0.6 is 11.6 Å². The van der Waals surface area contributed by atoms with Crippen molar-refractivity contribution in [2.75, 3.05) is 31.9 Å². The van der Waals surface area contributed by atoms with E-state index in [0.717, 1.165) is 4.90 Å². The third kappa shape index (κ3) is 5.74. The van der Waals surface area contributed by atoms with Gasteiger partial charge in [-0.25, -0.2) is 18.3 Å². The molecule has 0 radical (unpaired) electrons. The Kier molecular flexibility index (Phi) is 7.48. The molecule has 2 atom stereocenters. The van der Waals surface area contributed by atoms with Gasteiger partial charge in [0.2, 0.25) is 0 Å². The van der Waals surface area contributed by atoms with Crippen LogP contribution in [0.2, 0.25) is 5.02 Å². The number of nitrogen functional groups attached to an aromatic ring is 1. The fourth-order valence-electron chi connectivity index (χ4n) is 5.91. The lowest BCUT2D eigenvalue weighted by Crippen LogP contribution is -2.43. The second-order valence-corrected chi connectivity index (χ2v) is 11.9. The van der Waals surface area contributed by atoms with Crippen LogP contribution in [0.25, 0.3) is 16.8 Å². The van der Waals surface area contributed by atoms with Gasteiger partial charge in [0.05, 0.1) is 34.8 Å². The molecular weight excluding hydrogens is 597 g/mol. The first-order valence-electron chi connectivity index (χ1n) is 14.0. The molecule has 1 aromatic carbocycles. The molecule has 0 bridgehead atoms. The molecule has 43 heavy (non-hydrogen) atoms. The minimum Gasteiger partial charge on any atom is -0.382 e. The monoisotopic (exact) mass is 625 g/mol. The number of nitrogens with zero attached hydrogens (tertiary/aromatic N) is 5. The van der Waals surface area contributed by atoms with Crippen LogP contribution in [0.4, 0.5) is 27.8 Å². The van der Waals surface area contributed by atoms with Gasteiger partial charge in [0.1, 0.15) is 18.0 Å². The number of benzene rings is 1. The maximum atomic E-state index is 14.8. The summed E-state index contributed by atoms with van der Waals surface area (Å²) >= 11 is 6.36. The van der Waals surface area contributed by atoms with E-state index in [-0.39, 0.29) is 68.3 Å². The summed E-state index contributed by atoms with van der Waals surface area (Å²) in [5.41, 5.74) is 6.57. The van der Waals surface area contributed by atoms with Gasteiger partial charge in [-0.3, -0.25) is 14.5 Å². The first kappa shape index (κ1) is 29.5. The largest absolute Gasteiger partial charge is 0.391 e. The standard InChI is InChI=1S/C28H29ClF5N7O2/c29-19-2-1-15(9-18(19)25(42)38-21-13-40(12-20(21)30)26(43)27(31)5-6-27)22-10-16(23-24(35)36-14-37-41(22)23)11-39-7-3-17(4-8-39)28(32,33)34/h1-2,9-10,14,17,20-21H,3-8,11-13H2,(H,38,42)(H2,35,36,37)/t20-,21+/m0/s1. The van der Waals surface area contributed by atoms with Crippen LogP contribution in [-0.2, 0) is 11.3 Å². The van der Waals surface area contributed by atoms with E-state index in [2.05, 4.69) is 15.4 Å². The van der Waals surface area contributed by atoms with Crippen LogP contribution < -0.4 is 11.1 Å². The zero-order valence-corrected chi connectivity index (χ0v) is 23.6. The second-order valence-electron chi connectivity index (χ2n) is 11.5. The van der Waals surface area contributed by atoms with E-state index in [4.69, 9.17) is 17.3 Å². The Morgan fingerprint density at radius 3 is 2.53 bits per heavy atom. The zero-order chi connectivity index (χ0) is 30.7. The van der Waals surface area contributed by atoms with Crippen LogP contribution in [0.3, 0.4) is 0 Å². The van der Waals surface area contributed by atoms with E-state index < -0.39 is 41.8 Å². The highest BCUT2D eigenvalue weighted by molar-refractivity contribution is 6.34. The van der Waals surface area contributed by atoms with Crippen LogP contribution in [0, 0.1) is 5.92 Å². The molecule has 2 aromatic heterocycles. The molecule has 0 spiro atoms. The maximum Gasteiger partial charge on any atom is 0.391 e. The maximum absolute atomic E-state index is 14.8. The lowest BCUT2D eigenvalue weighted by Gasteiger charge is -2.32. The van der Waals surface area contributed by atoms with Crippen LogP contribution in [0.5, 0.6) is 0 Å².